The lowest BCUT2D eigenvalue weighted by Gasteiger charge is -2.23. The van der Waals surface area contributed by atoms with Crippen LogP contribution in [0.3, 0.4) is 0 Å². The molecule has 6 heteroatoms. The van der Waals surface area contributed by atoms with Crippen LogP contribution in [0.4, 0.5) is 0 Å². The molecule has 2 aromatic rings. The first-order valence-corrected chi connectivity index (χ1v) is 8.85. The maximum absolute atomic E-state index is 4.58. The van der Waals surface area contributed by atoms with Crippen molar-refractivity contribution in [2.45, 2.75) is 44.7 Å². The average Bonchev–Trinajstić information content (AvgIpc) is 2.88. The highest BCUT2D eigenvalue weighted by atomic mass is 32.2. The smallest absolute Gasteiger partial charge is 0.216 e. The van der Waals surface area contributed by atoms with Crippen LogP contribution in [-0.2, 0) is 0 Å². The highest BCUT2D eigenvalue weighted by molar-refractivity contribution is 7.99. The Kier molecular flexibility index (Phi) is 5.83. The van der Waals surface area contributed by atoms with E-state index in [9.17, 15) is 0 Å². The van der Waals surface area contributed by atoms with Gasteiger partial charge < -0.3 is 4.90 Å². The van der Waals surface area contributed by atoms with Crippen LogP contribution in [-0.4, -0.2) is 46.6 Å². The SMILES string of the molecule is Cc1cc(C)c(Sc2nncn2/N=C\C(C)(C)CN(C)C)cc1C. The van der Waals surface area contributed by atoms with Crippen molar-refractivity contribution < 1.29 is 0 Å². The van der Waals surface area contributed by atoms with Crippen molar-refractivity contribution >= 4 is 18.0 Å². The summed E-state index contributed by atoms with van der Waals surface area (Å²) in [5, 5.41) is 13.6. The molecule has 0 bridgehead atoms. The Balaban J connectivity index is 2.21. The Labute approximate surface area is 149 Å². The molecule has 0 radical (unpaired) electrons. The predicted octanol–water partition coefficient (Wildman–Crippen LogP) is 3.78. The fourth-order valence-corrected chi connectivity index (χ4v) is 3.51. The molecule has 130 valence electrons. The van der Waals surface area contributed by atoms with E-state index in [1.165, 1.54) is 21.6 Å². The molecular formula is C18H27N5S. The van der Waals surface area contributed by atoms with Crippen molar-refractivity contribution in [3.63, 3.8) is 0 Å². The second-order valence-corrected chi connectivity index (χ2v) is 8.24. The zero-order chi connectivity index (χ0) is 17.9. The molecule has 0 N–H and O–H groups in total. The minimum Gasteiger partial charge on any atom is -0.308 e. The molecule has 0 atom stereocenters. The maximum Gasteiger partial charge on any atom is 0.216 e. The van der Waals surface area contributed by atoms with Crippen LogP contribution in [0, 0.1) is 26.2 Å². The lowest BCUT2D eigenvalue weighted by atomic mass is 9.95. The van der Waals surface area contributed by atoms with Crippen molar-refractivity contribution in [1.29, 1.82) is 0 Å². The Morgan fingerprint density at radius 3 is 2.50 bits per heavy atom. The number of rotatable bonds is 6. The number of aryl methyl sites for hydroxylation is 3. The largest absolute Gasteiger partial charge is 0.308 e. The molecule has 0 unspecified atom stereocenters. The molecule has 0 saturated heterocycles. The van der Waals surface area contributed by atoms with E-state index in [0.29, 0.717) is 0 Å². The van der Waals surface area contributed by atoms with E-state index in [4.69, 9.17) is 0 Å². The summed E-state index contributed by atoms with van der Waals surface area (Å²) in [7, 11) is 4.14. The van der Waals surface area contributed by atoms with Gasteiger partial charge in [-0.05, 0) is 69.4 Å². The number of hydrogen-bond acceptors (Lipinski definition) is 5. The summed E-state index contributed by atoms with van der Waals surface area (Å²) in [6, 6.07) is 4.41. The highest BCUT2D eigenvalue weighted by Crippen LogP contribution is 2.30. The molecule has 0 saturated carbocycles. The molecule has 0 aliphatic carbocycles. The fourth-order valence-electron chi connectivity index (χ4n) is 2.58. The third-order valence-electron chi connectivity index (χ3n) is 3.75. The first-order chi connectivity index (χ1) is 11.2. The fraction of sp³-hybridized carbons (Fsp3) is 0.500. The van der Waals surface area contributed by atoms with E-state index in [1.807, 2.05) is 6.21 Å². The third kappa shape index (κ3) is 4.92. The number of nitrogens with zero attached hydrogens (tertiary/aromatic N) is 5. The van der Waals surface area contributed by atoms with Crippen molar-refractivity contribution in [2.75, 3.05) is 20.6 Å². The summed E-state index contributed by atoms with van der Waals surface area (Å²) in [5.74, 6) is 0. The molecule has 1 heterocycles. The molecule has 0 amide bonds. The minimum atomic E-state index is -0.0218. The quantitative estimate of drug-likeness (QED) is 0.748. The van der Waals surface area contributed by atoms with Crippen molar-refractivity contribution in [3.8, 4) is 0 Å². The molecule has 1 aromatic heterocycles. The normalized spacial score (nSPS) is 12.5. The van der Waals surface area contributed by atoms with Gasteiger partial charge in [-0.15, -0.1) is 10.2 Å². The average molecular weight is 346 g/mol. The van der Waals surface area contributed by atoms with Crippen molar-refractivity contribution in [2.24, 2.45) is 10.5 Å². The summed E-state index contributed by atoms with van der Waals surface area (Å²) >= 11 is 1.60. The van der Waals surface area contributed by atoms with Gasteiger partial charge in [-0.3, -0.25) is 0 Å². The van der Waals surface area contributed by atoms with Crippen LogP contribution < -0.4 is 0 Å². The van der Waals surface area contributed by atoms with Gasteiger partial charge in [-0.25, -0.2) is 0 Å². The summed E-state index contributed by atoms with van der Waals surface area (Å²) in [5.41, 5.74) is 3.81. The second kappa shape index (κ2) is 7.49. The van der Waals surface area contributed by atoms with Gasteiger partial charge in [0.25, 0.3) is 0 Å². The van der Waals surface area contributed by atoms with E-state index in [-0.39, 0.29) is 5.41 Å². The summed E-state index contributed by atoms with van der Waals surface area (Å²) in [6.07, 6.45) is 3.62. The lowest BCUT2D eigenvalue weighted by Crippen LogP contribution is -2.29. The molecule has 0 aliphatic heterocycles. The molecule has 5 nitrogen and oxygen atoms in total. The Morgan fingerprint density at radius 1 is 1.17 bits per heavy atom. The van der Waals surface area contributed by atoms with Crippen molar-refractivity contribution in [3.05, 3.63) is 35.2 Å². The van der Waals surface area contributed by atoms with E-state index >= 15 is 0 Å². The van der Waals surface area contributed by atoms with E-state index in [0.717, 1.165) is 11.7 Å². The topological polar surface area (TPSA) is 46.3 Å². The highest BCUT2D eigenvalue weighted by Gasteiger charge is 2.17. The van der Waals surface area contributed by atoms with Gasteiger partial charge in [0.15, 0.2) is 0 Å². The Bertz CT molecular complexity index is 731. The summed E-state index contributed by atoms with van der Waals surface area (Å²) in [6.45, 7) is 11.7. The molecule has 24 heavy (non-hydrogen) atoms. The molecule has 0 fully saturated rings. The van der Waals surface area contributed by atoms with Crippen molar-refractivity contribution in [1.82, 2.24) is 19.8 Å². The van der Waals surface area contributed by atoms with Crippen LogP contribution in [0.5, 0.6) is 0 Å². The first kappa shape index (κ1) is 18.7. The molecule has 1 aromatic carbocycles. The van der Waals surface area contributed by atoms with Gasteiger partial charge in [0.05, 0.1) is 0 Å². The monoisotopic (exact) mass is 345 g/mol. The van der Waals surface area contributed by atoms with E-state index < -0.39 is 0 Å². The zero-order valence-corrected chi connectivity index (χ0v) is 16.5. The number of benzene rings is 1. The first-order valence-electron chi connectivity index (χ1n) is 8.04. The van der Waals surface area contributed by atoms with Crippen LogP contribution >= 0.6 is 11.8 Å². The van der Waals surface area contributed by atoms with Crippen LogP contribution in [0.1, 0.15) is 30.5 Å². The van der Waals surface area contributed by atoms with Crippen LogP contribution in [0.25, 0.3) is 0 Å². The number of hydrogen-bond donors (Lipinski definition) is 0. The standard InChI is InChI=1S/C18H27N5S/c1-13-8-15(3)16(9-14(13)2)24-17-21-19-12-23(17)20-10-18(4,5)11-22(6)7/h8-10,12H,11H2,1-7H3/b20-10-. The van der Waals surface area contributed by atoms with E-state index in [2.05, 4.69) is 81.0 Å². The van der Waals surface area contributed by atoms with Gasteiger partial charge in [0.2, 0.25) is 5.16 Å². The minimum absolute atomic E-state index is 0.0218. The second-order valence-electron chi connectivity index (χ2n) is 7.23. The maximum atomic E-state index is 4.58. The molecule has 0 spiro atoms. The Hall–Kier alpha value is -1.66. The molecule has 0 aliphatic rings. The van der Waals surface area contributed by atoms with E-state index in [1.54, 1.807) is 22.8 Å². The predicted molar refractivity (Wildman–Crippen MR) is 101 cm³/mol. The molecular weight excluding hydrogens is 318 g/mol. The lowest BCUT2D eigenvalue weighted by molar-refractivity contribution is 0.314. The van der Waals surface area contributed by atoms with Gasteiger partial charge in [-0.2, -0.15) is 9.78 Å². The van der Waals surface area contributed by atoms with Gasteiger partial charge >= 0.3 is 0 Å². The van der Waals surface area contributed by atoms with Crippen LogP contribution in [0.15, 0.2) is 33.6 Å². The van der Waals surface area contributed by atoms with Gasteiger partial charge in [0.1, 0.15) is 6.33 Å². The molecule has 2 rings (SSSR count). The summed E-state index contributed by atoms with van der Waals surface area (Å²) < 4.78 is 1.75. The number of aromatic nitrogens is 3. The summed E-state index contributed by atoms with van der Waals surface area (Å²) in [4.78, 5) is 3.35. The van der Waals surface area contributed by atoms with Gasteiger partial charge in [-0.1, -0.05) is 19.9 Å². The zero-order valence-electron chi connectivity index (χ0n) is 15.7. The van der Waals surface area contributed by atoms with Gasteiger partial charge in [0, 0.05) is 23.1 Å². The van der Waals surface area contributed by atoms with Crippen LogP contribution in [0.2, 0.25) is 0 Å². The third-order valence-corrected chi connectivity index (χ3v) is 4.86. The Morgan fingerprint density at radius 2 is 1.83 bits per heavy atom.